The minimum absolute atomic E-state index is 0.0240. The first-order chi connectivity index (χ1) is 17.5. The quantitative estimate of drug-likeness (QED) is 0.575. The van der Waals surface area contributed by atoms with E-state index in [-0.39, 0.29) is 35.7 Å². The van der Waals surface area contributed by atoms with Gasteiger partial charge in [-0.25, -0.2) is 0 Å². The van der Waals surface area contributed by atoms with Gasteiger partial charge in [0.1, 0.15) is 12.6 Å². The molecule has 0 bridgehead atoms. The lowest BCUT2D eigenvalue weighted by atomic mass is 9.79. The van der Waals surface area contributed by atoms with E-state index in [9.17, 15) is 14.4 Å². The van der Waals surface area contributed by atoms with Gasteiger partial charge in [0.15, 0.2) is 5.78 Å². The Hall–Kier alpha value is -2.45. The number of primary amides is 1. The molecule has 0 radical (unpaired) electrons. The van der Waals surface area contributed by atoms with Crippen molar-refractivity contribution < 1.29 is 19.1 Å². The van der Waals surface area contributed by atoms with Crippen LogP contribution in [0.1, 0.15) is 75.7 Å². The third-order valence-corrected chi connectivity index (χ3v) is 8.21. The van der Waals surface area contributed by atoms with Gasteiger partial charge in [0.2, 0.25) is 11.8 Å². The van der Waals surface area contributed by atoms with Crippen LogP contribution in [0.25, 0.3) is 0 Å². The number of Topliss-reactive ketones (excluding diaryl/α,β-unsaturated/α-hetero) is 1. The Morgan fingerprint density at radius 3 is 2.43 bits per heavy atom. The minimum Gasteiger partial charge on any atom is -0.369 e. The van der Waals surface area contributed by atoms with Crippen LogP contribution in [0.2, 0.25) is 0 Å². The molecule has 0 unspecified atom stereocenters. The normalized spacial score (nSPS) is 25.4. The summed E-state index contributed by atoms with van der Waals surface area (Å²) in [6.07, 6.45) is 2.19. The summed E-state index contributed by atoms with van der Waals surface area (Å²) in [6.45, 7) is 15.9. The molecule has 2 amide bonds. The number of ether oxygens (including phenoxy) is 1. The zero-order valence-corrected chi connectivity index (χ0v) is 23.2. The van der Waals surface area contributed by atoms with Gasteiger partial charge in [-0.3, -0.25) is 14.4 Å². The Bertz CT molecular complexity index is 1010. The fraction of sp³-hybridized carbons (Fsp3) is 0.690. The highest BCUT2D eigenvalue weighted by atomic mass is 16.5. The van der Waals surface area contributed by atoms with Crippen LogP contribution in [0, 0.1) is 11.3 Å². The van der Waals surface area contributed by atoms with E-state index in [1.807, 2.05) is 12.1 Å². The van der Waals surface area contributed by atoms with E-state index in [0.29, 0.717) is 24.1 Å². The molecule has 8 heteroatoms. The van der Waals surface area contributed by atoms with E-state index >= 15 is 0 Å². The number of likely N-dealkylation sites (tertiary alicyclic amines) is 1. The molecule has 3 saturated heterocycles. The summed E-state index contributed by atoms with van der Waals surface area (Å²) in [6, 6.07) is 5.19. The lowest BCUT2D eigenvalue weighted by molar-refractivity contribution is -0.138. The summed E-state index contributed by atoms with van der Waals surface area (Å²) in [5.41, 5.74) is 7.72. The third kappa shape index (κ3) is 5.85. The van der Waals surface area contributed by atoms with Crippen molar-refractivity contribution in [1.29, 1.82) is 0 Å². The van der Waals surface area contributed by atoms with Crippen molar-refractivity contribution in [2.45, 2.75) is 71.9 Å². The molecular formula is C29H44N4O4. The van der Waals surface area contributed by atoms with Crippen molar-refractivity contribution in [2.75, 3.05) is 50.8 Å². The van der Waals surface area contributed by atoms with Gasteiger partial charge in [-0.2, -0.15) is 0 Å². The van der Waals surface area contributed by atoms with E-state index in [1.54, 1.807) is 11.0 Å². The molecule has 3 fully saturated rings. The van der Waals surface area contributed by atoms with Crippen molar-refractivity contribution in [3.05, 3.63) is 29.3 Å². The second-order valence-electron chi connectivity index (χ2n) is 12.1. The van der Waals surface area contributed by atoms with Gasteiger partial charge in [0, 0.05) is 49.9 Å². The number of likely N-dealkylation sites (N-methyl/N-ethyl adjacent to an activating group) is 1. The first-order valence-corrected chi connectivity index (χ1v) is 13.9. The summed E-state index contributed by atoms with van der Waals surface area (Å²) in [5, 5.41) is 0. The monoisotopic (exact) mass is 512 g/mol. The molecule has 0 aliphatic carbocycles. The van der Waals surface area contributed by atoms with Crippen LogP contribution < -0.4 is 10.6 Å². The van der Waals surface area contributed by atoms with Gasteiger partial charge in [-0.15, -0.1) is 0 Å². The smallest absolute Gasteiger partial charge is 0.249 e. The molecule has 0 aromatic heterocycles. The molecule has 3 aliphatic rings. The zero-order chi connectivity index (χ0) is 26.9. The molecule has 1 aromatic rings. The van der Waals surface area contributed by atoms with Crippen LogP contribution in [0.15, 0.2) is 18.2 Å². The van der Waals surface area contributed by atoms with Crippen LogP contribution in [0.4, 0.5) is 5.69 Å². The number of piperazine rings is 1. The van der Waals surface area contributed by atoms with E-state index in [0.717, 1.165) is 51.3 Å². The summed E-state index contributed by atoms with van der Waals surface area (Å²) < 4.78 is 5.87. The molecule has 1 aromatic carbocycles. The SMILES string of the molecule is CCC[C@@H]1CN(C(=O)[C@@H](CC(C)(C)C)c2cc(N3CCN(CC)CC3)ccc2C(N)=O)[C@@H]2C(=O)CO[C@H]12. The molecule has 4 rings (SSSR count). The number of nitrogens with zero attached hydrogens (tertiary/aromatic N) is 3. The van der Waals surface area contributed by atoms with Gasteiger partial charge >= 0.3 is 0 Å². The average Bonchev–Trinajstić information content (AvgIpc) is 3.42. The van der Waals surface area contributed by atoms with Crippen LogP contribution >= 0.6 is 0 Å². The Morgan fingerprint density at radius 2 is 1.84 bits per heavy atom. The van der Waals surface area contributed by atoms with Gasteiger partial charge in [0.05, 0.1) is 12.0 Å². The minimum atomic E-state index is -0.575. The number of benzene rings is 1. The Morgan fingerprint density at radius 1 is 1.14 bits per heavy atom. The number of anilines is 1. The van der Waals surface area contributed by atoms with Crippen molar-refractivity contribution in [3.63, 3.8) is 0 Å². The lowest BCUT2D eigenvalue weighted by Crippen LogP contribution is -2.46. The second-order valence-corrected chi connectivity index (χ2v) is 12.1. The molecule has 3 heterocycles. The van der Waals surface area contributed by atoms with Crippen LogP contribution in [-0.2, 0) is 14.3 Å². The van der Waals surface area contributed by atoms with E-state index in [4.69, 9.17) is 10.5 Å². The summed E-state index contributed by atoms with van der Waals surface area (Å²) in [7, 11) is 0. The number of amides is 2. The molecule has 4 atom stereocenters. The fourth-order valence-corrected chi connectivity index (χ4v) is 6.33. The number of ketones is 1. The van der Waals surface area contributed by atoms with Crippen LogP contribution in [-0.4, -0.2) is 85.4 Å². The van der Waals surface area contributed by atoms with Gasteiger partial charge in [-0.1, -0.05) is 41.0 Å². The van der Waals surface area contributed by atoms with E-state index < -0.39 is 17.9 Å². The number of nitrogens with two attached hydrogens (primary N) is 1. The summed E-state index contributed by atoms with van der Waals surface area (Å²) in [5.74, 6) is -1.08. The molecule has 3 aliphatic heterocycles. The fourth-order valence-electron chi connectivity index (χ4n) is 6.33. The second kappa shape index (κ2) is 11.1. The number of hydrogen-bond acceptors (Lipinski definition) is 6. The predicted molar refractivity (Wildman–Crippen MR) is 145 cm³/mol. The number of hydrogen-bond donors (Lipinski definition) is 1. The summed E-state index contributed by atoms with van der Waals surface area (Å²) in [4.78, 5) is 46.3. The predicted octanol–water partition coefficient (Wildman–Crippen LogP) is 3.04. The Balaban J connectivity index is 1.72. The maximum Gasteiger partial charge on any atom is 0.249 e. The average molecular weight is 513 g/mol. The topological polar surface area (TPSA) is 96.2 Å². The van der Waals surface area contributed by atoms with Crippen molar-refractivity contribution in [3.8, 4) is 0 Å². The third-order valence-electron chi connectivity index (χ3n) is 8.21. The lowest BCUT2D eigenvalue weighted by Gasteiger charge is -2.36. The Labute approximate surface area is 221 Å². The first kappa shape index (κ1) is 27.6. The van der Waals surface area contributed by atoms with E-state index in [1.165, 1.54) is 0 Å². The molecule has 0 spiro atoms. The zero-order valence-electron chi connectivity index (χ0n) is 23.2. The molecule has 8 nitrogen and oxygen atoms in total. The number of carbonyl (C=O) groups is 3. The number of carbonyl (C=O) groups excluding carboxylic acids is 3. The Kier molecular flexibility index (Phi) is 8.29. The van der Waals surface area contributed by atoms with Crippen LogP contribution in [0.5, 0.6) is 0 Å². The molecular weight excluding hydrogens is 468 g/mol. The maximum absolute atomic E-state index is 14.4. The highest BCUT2D eigenvalue weighted by molar-refractivity contribution is 5.99. The number of fused-ring (bicyclic) bond motifs is 1. The summed E-state index contributed by atoms with van der Waals surface area (Å²) >= 11 is 0. The number of rotatable bonds is 8. The van der Waals surface area contributed by atoms with Crippen molar-refractivity contribution in [2.24, 2.45) is 17.1 Å². The van der Waals surface area contributed by atoms with Gasteiger partial charge in [-0.05, 0) is 48.6 Å². The molecule has 204 valence electrons. The standard InChI is InChI=1S/C29H44N4O4/c1-6-8-19-17-33(25-24(34)18-37-26(19)25)28(36)23(16-29(3,4)5)22-15-20(9-10-21(22)27(30)35)32-13-11-31(7-2)12-14-32/h9-10,15,19,23,25-26H,6-8,11-14,16-18H2,1-5H3,(H2,30,35)/t19-,23+,25-,26-/m1/s1. The molecule has 37 heavy (non-hydrogen) atoms. The largest absolute Gasteiger partial charge is 0.369 e. The van der Waals surface area contributed by atoms with Gasteiger partial charge in [0.25, 0.3) is 0 Å². The molecule has 0 saturated carbocycles. The van der Waals surface area contributed by atoms with Crippen molar-refractivity contribution in [1.82, 2.24) is 9.80 Å². The van der Waals surface area contributed by atoms with Crippen molar-refractivity contribution >= 4 is 23.3 Å². The highest BCUT2D eigenvalue weighted by Crippen LogP contribution is 2.41. The van der Waals surface area contributed by atoms with Crippen LogP contribution in [0.3, 0.4) is 0 Å². The first-order valence-electron chi connectivity index (χ1n) is 13.9. The van der Waals surface area contributed by atoms with Gasteiger partial charge < -0.3 is 25.2 Å². The molecule has 2 N–H and O–H groups in total. The van der Waals surface area contributed by atoms with E-state index in [2.05, 4.69) is 44.4 Å². The highest BCUT2D eigenvalue weighted by Gasteiger charge is 2.53. The maximum atomic E-state index is 14.4.